The number of anilines is 1. The van der Waals surface area contributed by atoms with Crippen LogP contribution in [0.4, 0.5) is 10.5 Å². The highest BCUT2D eigenvalue weighted by molar-refractivity contribution is 8.02. The molecule has 0 saturated heterocycles. The quantitative estimate of drug-likeness (QED) is 0.566. The van der Waals surface area contributed by atoms with Crippen molar-refractivity contribution >= 4 is 46.9 Å². The van der Waals surface area contributed by atoms with Gasteiger partial charge in [0.15, 0.2) is 0 Å². The maximum Gasteiger partial charge on any atom is 0.334 e. The molecule has 1 aromatic rings. The number of nitrogens with zero attached hydrogens (tertiary/aromatic N) is 2. The molecule has 116 valence electrons. The molecule has 2 unspecified atom stereocenters. The Morgan fingerprint density at radius 2 is 1.81 bits per heavy atom. The summed E-state index contributed by atoms with van der Waals surface area (Å²) in [6, 6.07) is 7.27. The molecule has 0 bridgehead atoms. The summed E-state index contributed by atoms with van der Waals surface area (Å²) in [7, 11) is 3.51. The van der Waals surface area contributed by atoms with Crippen molar-refractivity contribution in [2.24, 2.45) is 0 Å². The lowest BCUT2D eigenvalue weighted by molar-refractivity contribution is 0.228. The topological polar surface area (TPSA) is 23.6 Å². The minimum absolute atomic E-state index is 0.0586. The molecule has 2 atom stereocenters. The van der Waals surface area contributed by atoms with Crippen LogP contribution in [-0.2, 0) is 0 Å². The number of alkyl halides is 1. The molecule has 2 rings (SSSR count). The van der Waals surface area contributed by atoms with Crippen LogP contribution in [0.15, 0.2) is 24.3 Å². The number of benzene rings is 1. The Labute approximate surface area is 140 Å². The zero-order chi connectivity index (χ0) is 15.4. The zero-order valence-electron chi connectivity index (χ0n) is 12.3. The molecule has 0 aromatic heterocycles. The predicted molar refractivity (Wildman–Crippen MR) is 92.5 cm³/mol. The second-order valence-corrected chi connectivity index (χ2v) is 7.57. The molecule has 1 aromatic carbocycles. The van der Waals surface area contributed by atoms with E-state index in [-0.39, 0.29) is 16.7 Å². The SMILES string of the molecule is CN(C)C(=O)N(SC1CCCCC1Cl)c1ccc(Cl)cc1. The Hall–Kier alpha value is -0.580. The van der Waals surface area contributed by atoms with Gasteiger partial charge in [-0.2, -0.15) is 0 Å². The highest BCUT2D eigenvalue weighted by Gasteiger charge is 2.29. The molecule has 0 heterocycles. The van der Waals surface area contributed by atoms with Crippen molar-refractivity contribution in [1.82, 2.24) is 4.90 Å². The Morgan fingerprint density at radius 1 is 1.19 bits per heavy atom. The zero-order valence-corrected chi connectivity index (χ0v) is 14.6. The number of rotatable bonds is 3. The highest BCUT2D eigenvalue weighted by atomic mass is 35.5. The highest BCUT2D eigenvalue weighted by Crippen LogP contribution is 2.37. The fourth-order valence-corrected chi connectivity index (χ4v) is 4.13. The normalized spacial score (nSPS) is 21.9. The molecule has 0 spiro atoms. The molecule has 2 amide bonds. The summed E-state index contributed by atoms with van der Waals surface area (Å²) in [6.45, 7) is 0. The largest absolute Gasteiger partial charge is 0.334 e. The summed E-state index contributed by atoms with van der Waals surface area (Å²) < 4.78 is 1.72. The summed E-state index contributed by atoms with van der Waals surface area (Å²) >= 11 is 13.9. The lowest BCUT2D eigenvalue weighted by atomic mass is 10.00. The molecule has 1 saturated carbocycles. The fourth-order valence-electron chi connectivity index (χ4n) is 2.28. The van der Waals surface area contributed by atoms with E-state index in [2.05, 4.69) is 0 Å². The second-order valence-electron chi connectivity index (χ2n) is 5.39. The van der Waals surface area contributed by atoms with Crippen LogP contribution in [0, 0.1) is 0 Å². The molecule has 0 aliphatic heterocycles. The van der Waals surface area contributed by atoms with E-state index in [1.807, 2.05) is 12.1 Å². The lowest BCUT2D eigenvalue weighted by Crippen LogP contribution is -2.38. The Kier molecular flexibility index (Phi) is 6.08. The van der Waals surface area contributed by atoms with Crippen molar-refractivity contribution in [3.05, 3.63) is 29.3 Å². The fraction of sp³-hybridized carbons (Fsp3) is 0.533. The summed E-state index contributed by atoms with van der Waals surface area (Å²) in [5.41, 5.74) is 0.831. The average Bonchev–Trinajstić information content (AvgIpc) is 2.47. The van der Waals surface area contributed by atoms with Gasteiger partial charge in [0, 0.05) is 29.7 Å². The first kappa shape index (κ1) is 16.8. The average molecular weight is 347 g/mol. The van der Waals surface area contributed by atoms with E-state index in [0.29, 0.717) is 5.02 Å². The number of amides is 2. The van der Waals surface area contributed by atoms with E-state index in [1.54, 1.807) is 35.4 Å². The van der Waals surface area contributed by atoms with Gasteiger partial charge in [-0.05, 0) is 49.1 Å². The maximum atomic E-state index is 12.5. The molecule has 1 aliphatic rings. The van der Waals surface area contributed by atoms with E-state index in [4.69, 9.17) is 23.2 Å². The molecular weight excluding hydrogens is 327 g/mol. The van der Waals surface area contributed by atoms with Crippen molar-refractivity contribution in [1.29, 1.82) is 0 Å². The van der Waals surface area contributed by atoms with E-state index >= 15 is 0 Å². The molecule has 21 heavy (non-hydrogen) atoms. The van der Waals surface area contributed by atoms with Gasteiger partial charge in [0.25, 0.3) is 0 Å². The Morgan fingerprint density at radius 3 is 2.38 bits per heavy atom. The monoisotopic (exact) mass is 346 g/mol. The van der Waals surface area contributed by atoms with E-state index < -0.39 is 0 Å². The first-order valence-electron chi connectivity index (χ1n) is 7.07. The van der Waals surface area contributed by atoms with E-state index in [0.717, 1.165) is 18.5 Å². The van der Waals surface area contributed by atoms with Gasteiger partial charge in [0.05, 0.1) is 5.69 Å². The van der Waals surface area contributed by atoms with Crippen molar-refractivity contribution in [2.45, 2.75) is 36.3 Å². The minimum atomic E-state index is -0.0586. The molecule has 1 aliphatic carbocycles. The van der Waals surface area contributed by atoms with Crippen molar-refractivity contribution in [3.8, 4) is 0 Å². The van der Waals surface area contributed by atoms with E-state index in [9.17, 15) is 4.79 Å². The standard InChI is InChI=1S/C15H20Cl2N2OS/c1-18(2)15(20)19(12-9-7-11(16)8-10-12)21-14-6-4-3-5-13(14)17/h7-10,13-14H,3-6H2,1-2H3. The number of urea groups is 1. The van der Waals surface area contributed by atoms with Gasteiger partial charge in [0.1, 0.15) is 0 Å². The van der Waals surface area contributed by atoms with Crippen LogP contribution in [0.5, 0.6) is 0 Å². The van der Waals surface area contributed by atoms with Crippen LogP contribution >= 0.6 is 35.1 Å². The first-order valence-corrected chi connectivity index (χ1v) is 8.72. The number of halogens is 2. The molecule has 1 fully saturated rings. The third kappa shape index (κ3) is 4.44. The molecule has 6 heteroatoms. The van der Waals surface area contributed by atoms with Gasteiger partial charge in [0.2, 0.25) is 0 Å². The second kappa shape index (κ2) is 7.61. The Bertz CT molecular complexity index is 481. The van der Waals surface area contributed by atoms with Crippen LogP contribution in [0.25, 0.3) is 0 Å². The predicted octanol–water partition coefficient (Wildman–Crippen LogP) is 5.03. The number of hydrogen-bond acceptors (Lipinski definition) is 2. The summed E-state index contributed by atoms with van der Waals surface area (Å²) in [6.07, 6.45) is 4.41. The molecular formula is C15H20Cl2N2OS. The van der Waals surface area contributed by atoms with E-state index in [1.165, 1.54) is 24.8 Å². The third-order valence-electron chi connectivity index (χ3n) is 3.48. The molecule has 3 nitrogen and oxygen atoms in total. The lowest BCUT2D eigenvalue weighted by Gasteiger charge is -2.32. The van der Waals surface area contributed by atoms with Crippen LogP contribution in [0.2, 0.25) is 5.02 Å². The maximum absolute atomic E-state index is 12.5. The number of hydrogen-bond donors (Lipinski definition) is 0. The summed E-state index contributed by atoms with van der Waals surface area (Å²) in [5.74, 6) is 0. The third-order valence-corrected chi connectivity index (χ3v) is 5.82. The van der Waals surface area contributed by atoms with Crippen LogP contribution in [0.1, 0.15) is 25.7 Å². The summed E-state index contributed by atoms with van der Waals surface area (Å²) in [4.78, 5) is 14.0. The van der Waals surface area contributed by atoms with Crippen LogP contribution in [0.3, 0.4) is 0 Å². The first-order chi connectivity index (χ1) is 9.99. The van der Waals surface area contributed by atoms with Gasteiger partial charge >= 0.3 is 6.03 Å². The molecule has 0 radical (unpaired) electrons. The minimum Gasteiger partial charge on any atom is -0.330 e. The van der Waals surface area contributed by atoms with Gasteiger partial charge in [-0.1, -0.05) is 24.4 Å². The Balaban J connectivity index is 2.19. The van der Waals surface area contributed by atoms with Crippen molar-refractivity contribution in [3.63, 3.8) is 0 Å². The van der Waals surface area contributed by atoms with Crippen LogP contribution in [-0.4, -0.2) is 35.7 Å². The van der Waals surface area contributed by atoms with Gasteiger partial charge in [-0.25, -0.2) is 9.10 Å². The van der Waals surface area contributed by atoms with Crippen LogP contribution < -0.4 is 4.31 Å². The number of carbonyl (C=O) groups excluding carboxylic acids is 1. The molecule has 0 N–H and O–H groups in total. The number of carbonyl (C=O) groups is 1. The smallest absolute Gasteiger partial charge is 0.330 e. The van der Waals surface area contributed by atoms with Crippen molar-refractivity contribution < 1.29 is 4.79 Å². The van der Waals surface area contributed by atoms with Gasteiger partial charge in [-0.15, -0.1) is 11.6 Å². The van der Waals surface area contributed by atoms with Gasteiger partial charge in [-0.3, -0.25) is 0 Å². The van der Waals surface area contributed by atoms with Gasteiger partial charge < -0.3 is 4.90 Å². The summed E-state index contributed by atoms with van der Waals surface area (Å²) in [5, 5.41) is 1.04. The van der Waals surface area contributed by atoms with Crippen molar-refractivity contribution in [2.75, 3.05) is 18.4 Å².